The summed E-state index contributed by atoms with van der Waals surface area (Å²) in [5.41, 5.74) is 1.83. The molecule has 3 heterocycles. The van der Waals surface area contributed by atoms with Crippen molar-refractivity contribution in [3.8, 4) is 0 Å². The molecule has 1 saturated carbocycles. The van der Waals surface area contributed by atoms with Crippen molar-refractivity contribution in [3.05, 3.63) is 23.8 Å². The molecular weight excluding hydrogens is 358 g/mol. The van der Waals surface area contributed by atoms with Crippen molar-refractivity contribution in [2.45, 2.75) is 38.3 Å². The van der Waals surface area contributed by atoms with Crippen LogP contribution in [0.2, 0.25) is 0 Å². The molecule has 3 amide bonds. The standard InChI is InChI=1S/C20H25N5O3/c26-18-6-7-25(20(27)21-18)19-16-12-14(4-5-17(16)28-22-19)13-23-8-10-24(11-9-23)15-2-1-3-15/h4-5,12,15H,1-3,6-11,13H2,(H,21,26,27). The van der Waals surface area contributed by atoms with Gasteiger partial charge in [-0.25, -0.2) is 4.79 Å². The number of anilines is 1. The van der Waals surface area contributed by atoms with E-state index in [1.165, 1.54) is 29.7 Å². The van der Waals surface area contributed by atoms with E-state index in [1.807, 2.05) is 6.07 Å². The molecule has 1 aromatic heterocycles. The molecule has 8 nitrogen and oxygen atoms in total. The van der Waals surface area contributed by atoms with Crippen molar-refractivity contribution in [1.29, 1.82) is 0 Å². The number of nitrogens with zero attached hydrogens (tertiary/aromatic N) is 4. The SMILES string of the molecule is O=C1CCN(c2noc3ccc(CN4CCN(C5CCC5)CC4)cc23)C(=O)N1. The van der Waals surface area contributed by atoms with Crippen LogP contribution in [0.3, 0.4) is 0 Å². The zero-order valence-electron chi connectivity index (χ0n) is 15.9. The third-order valence-corrected chi connectivity index (χ3v) is 6.23. The number of hydrogen-bond donors (Lipinski definition) is 1. The lowest BCUT2D eigenvalue weighted by atomic mass is 9.91. The van der Waals surface area contributed by atoms with Crippen LogP contribution in [0.5, 0.6) is 0 Å². The highest BCUT2D eigenvalue weighted by atomic mass is 16.5. The van der Waals surface area contributed by atoms with Crippen molar-refractivity contribution in [2.24, 2.45) is 0 Å². The number of rotatable bonds is 4. The van der Waals surface area contributed by atoms with Crippen LogP contribution in [0.1, 0.15) is 31.2 Å². The van der Waals surface area contributed by atoms with Crippen LogP contribution in [-0.4, -0.2) is 65.7 Å². The van der Waals surface area contributed by atoms with Crippen molar-refractivity contribution in [1.82, 2.24) is 20.3 Å². The molecule has 28 heavy (non-hydrogen) atoms. The van der Waals surface area contributed by atoms with Gasteiger partial charge in [-0.1, -0.05) is 17.6 Å². The van der Waals surface area contributed by atoms with Gasteiger partial charge < -0.3 is 4.52 Å². The lowest BCUT2D eigenvalue weighted by Gasteiger charge is -2.43. The minimum Gasteiger partial charge on any atom is -0.354 e. The molecule has 5 rings (SSSR count). The fraction of sp³-hybridized carbons (Fsp3) is 0.550. The van der Waals surface area contributed by atoms with Gasteiger partial charge in [-0.3, -0.25) is 24.8 Å². The number of benzene rings is 1. The van der Waals surface area contributed by atoms with E-state index in [9.17, 15) is 9.59 Å². The van der Waals surface area contributed by atoms with Gasteiger partial charge in [-0.2, -0.15) is 0 Å². The number of carbonyl (C=O) groups excluding carboxylic acids is 2. The maximum atomic E-state index is 12.2. The number of piperazine rings is 1. The van der Waals surface area contributed by atoms with Crippen LogP contribution in [-0.2, 0) is 11.3 Å². The normalized spacial score (nSPS) is 22.5. The quantitative estimate of drug-likeness (QED) is 0.869. The minimum atomic E-state index is -0.441. The second kappa shape index (κ2) is 7.18. The molecule has 1 aromatic carbocycles. The van der Waals surface area contributed by atoms with Gasteiger partial charge in [0, 0.05) is 51.7 Å². The number of hydrogen-bond acceptors (Lipinski definition) is 6. The minimum absolute atomic E-state index is 0.254. The molecule has 2 aliphatic heterocycles. The summed E-state index contributed by atoms with van der Waals surface area (Å²) in [6.45, 7) is 5.66. The maximum absolute atomic E-state index is 12.2. The molecule has 3 aliphatic rings. The highest BCUT2D eigenvalue weighted by Crippen LogP contribution is 2.29. The summed E-state index contributed by atoms with van der Waals surface area (Å²) in [5.74, 6) is 0.229. The van der Waals surface area contributed by atoms with Crippen LogP contribution in [0.15, 0.2) is 22.7 Å². The second-order valence-corrected chi connectivity index (χ2v) is 7.99. The van der Waals surface area contributed by atoms with Gasteiger partial charge >= 0.3 is 6.03 Å². The molecule has 2 saturated heterocycles. The number of urea groups is 1. The predicted octanol–water partition coefficient (Wildman–Crippen LogP) is 1.94. The molecule has 0 radical (unpaired) electrons. The lowest BCUT2D eigenvalue weighted by Crippen LogP contribution is -2.51. The van der Waals surface area contributed by atoms with Crippen molar-refractivity contribution in [3.63, 3.8) is 0 Å². The van der Waals surface area contributed by atoms with E-state index in [1.54, 1.807) is 0 Å². The van der Waals surface area contributed by atoms with Crippen LogP contribution in [0, 0.1) is 0 Å². The summed E-state index contributed by atoms with van der Waals surface area (Å²) >= 11 is 0. The Morgan fingerprint density at radius 3 is 2.64 bits per heavy atom. The highest BCUT2D eigenvalue weighted by Gasteiger charge is 2.29. The van der Waals surface area contributed by atoms with Gasteiger partial charge in [-0.15, -0.1) is 0 Å². The van der Waals surface area contributed by atoms with E-state index in [2.05, 4.69) is 32.4 Å². The van der Waals surface area contributed by atoms with Gasteiger partial charge in [0.05, 0.1) is 5.39 Å². The van der Waals surface area contributed by atoms with Crippen molar-refractivity contribution >= 4 is 28.7 Å². The summed E-state index contributed by atoms with van der Waals surface area (Å²) in [5, 5.41) is 7.24. The Balaban J connectivity index is 1.29. The molecule has 0 bridgehead atoms. The Kier molecular flexibility index (Phi) is 4.52. The fourth-order valence-corrected chi connectivity index (χ4v) is 4.33. The van der Waals surface area contributed by atoms with Crippen molar-refractivity contribution in [2.75, 3.05) is 37.6 Å². The Morgan fingerprint density at radius 2 is 1.93 bits per heavy atom. The Bertz CT molecular complexity index is 898. The third-order valence-electron chi connectivity index (χ3n) is 6.23. The number of carbonyl (C=O) groups is 2. The first-order valence-electron chi connectivity index (χ1n) is 10.1. The summed E-state index contributed by atoms with van der Waals surface area (Å²) in [7, 11) is 0. The van der Waals surface area contributed by atoms with Crippen LogP contribution >= 0.6 is 0 Å². The molecule has 8 heteroatoms. The largest absolute Gasteiger partial charge is 0.354 e. The van der Waals surface area contributed by atoms with Crippen LogP contribution < -0.4 is 10.2 Å². The van der Waals surface area contributed by atoms with E-state index in [4.69, 9.17) is 4.52 Å². The fourth-order valence-electron chi connectivity index (χ4n) is 4.33. The topological polar surface area (TPSA) is 81.9 Å². The number of nitrogens with one attached hydrogen (secondary N) is 1. The molecule has 0 spiro atoms. The second-order valence-electron chi connectivity index (χ2n) is 7.99. The van der Waals surface area contributed by atoms with Gasteiger partial charge in [-0.05, 0) is 30.5 Å². The molecule has 1 N–H and O–H groups in total. The molecule has 0 unspecified atom stereocenters. The number of imide groups is 1. The Morgan fingerprint density at radius 1 is 1.11 bits per heavy atom. The zero-order chi connectivity index (χ0) is 19.1. The van der Waals surface area contributed by atoms with Crippen LogP contribution in [0.25, 0.3) is 11.0 Å². The molecule has 2 aromatic rings. The first-order valence-corrected chi connectivity index (χ1v) is 10.1. The highest BCUT2D eigenvalue weighted by molar-refractivity contribution is 6.08. The average Bonchev–Trinajstić information content (AvgIpc) is 3.05. The van der Waals surface area contributed by atoms with Gasteiger partial charge in [0.15, 0.2) is 11.4 Å². The molecule has 1 aliphatic carbocycles. The van der Waals surface area contributed by atoms with Gasteiger partial charge in [0.2, 0.25) is 5.91 Å². The van der Waals surface area contributed by atoms with E-state index in [0.29, 0.717) is 17.9 Å². The summed E-state index contributed by atoms with van der Waals surface area (Å²) in [6.07, 6.45) is 4.38. The number of fused-ring (bicyclic) bond motifs is 1. The maximum Gasteiger partial charge on any atom is 0.329 e. The van der Waals surface area contributed by atoms with E-state index in [0.717, 1.165) is 44.2 Å². The first-order chi connectivity index (χ1) is 13.7. The van der Waals surface area contributed by atoms with E-state index >= 15 is 0 Å². The van der Waals surface area contributed by atoms with Crippen molar-refractivity contribution < 1.29 is 14.1 Å². The van der Waals surface area contributed by atoms with E-state index < -0.39 is 6.03 Å². The predicted molar refractivity (Wildman–Crippen MR) is 104 cm³/mol. The van der Waals surface area contributed by atoms with E-state index in [-0.39, 0.29) is 12.3 Å². The van der Waals surface area contributed by atoms with Gasteiger partial charge in [0.1, 0.15) is 0 Å². The average molecular weight is 383 g/mol. The molecular formula is C20H25N5O3. The number of amides is 3. The lowest BCUT2D eigenvalue weighted by molar-refractivity contribution is -0.120. The zero-order valence-corrected chi connectivity index (χ0v) is 15.9. The summed E-state index contributed by atoms with van der Waals surface area (Å²) in [6, 6.07) is 6.42. The number of aromatic nitrogens is 1. The first kappa shape index (κ1) is 17.6. The monoisotopic (exact) mass is 383 g/mol. The summed E-state index contributed by atoms with van der Waals surface area (Å²) in [4.78, 5) is 30.2. The molecule has 0 atom stereocenters. The molecule has 148 valence electrons. The Hall–Kier alpha value is -2.45. The van der Waals surface area contributed by atoms with Gasteiger partial charge in [0.25, 0.3) is 0 Å². The third kappa shape index (κ3) is 3.27. The molecule has 3 fully saturated rings. The Labute approximate surface area is 163 Å². The van der Waals surface area contributed by atoms with Crippen LogP contribution in [0.4, 0.5) is 10.6 Å². The smallest absolute Gasteiger partial charge is 0.329 e. The summed E-state index contributed by atoms with van der Waals surface area (Å²) < 4.78 is 5.40.